The van der Waals surface area contributed by atoms with E-state index >= 15 is 0 Å². The fourth-order valence-corrected chi connectivity index (χ4v) is 2.37. The quantitative estimate of drug-likeness (QED) is 0.621. The normalized spacial score (nSPS) is 10.9. The fraction of sp³-hybridized carbons (Fsp3) is 0.368. The highest BCUT2D eigenvalue weighted by atomic mass is 16.5. The third kappa shape index (κ3) is 5.09. The minimum absolute atomic E-state index is 0.355. The monoisotopic (exact) mass is 388 g/mol. The Morgan fingerprint density at radius 3 is 2.57 bits per heavy atom. The number of carbonyl (C=O) groups excluding carboxylic acids is 3. The van der Waals surface area contributed by atoms with Crippen LogP contribution >= 0.6 is 0 Å². The van der Waals surface area contributed by atoms with Crippen molar-refractivity contribution in [3.63, 3.8) is 0 Å². The highest BCUT2D eigenvalue weighted by molar-refractivity contribution is 6.40. The van der Waals surface area contributed by atoms with Crippen molar-refractivity contribution in [1.82, 2.24) is 15.6 Å². The summed E-state index contributed by atoms with van der Waals surface area (Å²) in [7, 11) is 1.48. The smallest absolute Gasteiger partial charge is 0.313 e. The Bertz CT molecular complexity index is 846. The van der Waals surface area contributed by atoms with Crippen molar-refractivity contribution >= 4 is 23.4 Å². The summed E-state index contributed by atoms with van der Waals surface area (Å²) in [6.45, 7) is 5.46. The van der Waals surface area contributed by atoms with E-state index in [-0.39, 0.29) is 5.91 Å². The molecule has 0 aliphatic carbocycles. The van der Waals surface area contributed by atoms with Gasteiger partial charge in [-0.25, -0.2) is 4.98 Å². The summed E-state index contributed by atoms with van der Waals surface area (Å²) in [5, 5.41) is 7.60. The van der Waals surface area contributed by atoms with E-state index < -0.39 is 17.4 Å². The Balaban J connectivity index is 2.05. The number of benzene rings is 1. The molecule has 0 spiro atoms. The van der Waals surface area contributed by atoms with E-state index in [2.05, 4.69) is 20.9 Å². The van der Waals surface area contributed by atoms with E-state index in [1.54, 1.807) is 18.2 Å². The Morgan fingerprint density at radius 2 is 1.96 bits per heavy atom. The van der Waals surface area contributed by atoms with Crippen molar-refractivity contribution < 1.29 is 23.5 Å². The number of hydrogen-bond donors (Lipinski definition) is 3. The molecule has 150 valence electrons. The number of anilines is 1. The first-order chi connectivity index (χ1) is 13.3. The molecule has 9 nitrogen and oxygen atoms in total. The molecule has 0 bridgehead atoms. The molecule has 0 unspecified atom stereocenters. The van der Waals surface area contributed by atoms with Crippen LogP contribution in [0.4, 0.5) is 5.69 Å². The summed E-state index contributed by atoms with van der Waals surface area (Å²) in [5.41, 5.74) is -0.220. The Kier molecular flexibility index (Phi) is 6.75. The Morgan fingerprint density at radius 1 is 1.21 bits per heavy atom. The number of nitrogens with one attached hydrogen (secondary N) is 3. The van der Waals surface area contributed by atoms with Gasteiger partial charge in [-0.15, -0.1) is 0 Å². The van der Waals surface area contributed by atoms with Crippen molar-refractivity contribution in [3.8, 4) is 17.1 Å². The molecule has 2 rings (SSSR count). The SMILES string of the molecule is CCCNC(=O)C(C)(C)NC(=O)C(=O)Nc1ccc(-c2cnco2)c(OC)c1. The van der Waals surface area contributed by atoms with Crippen LogP contribution < -0.4 is 20.7 Å². The number of carbonyl (C=O) groups is 3. The van der Waals surface area contributed by atoms with E-state index in [0.29, 0.717) is 29.3 Å². The van der Waals surface area contributed by atoms with Crippen LogP contribution in [-0.4, -0.2) is 41.9 Å². The molecule has 0 saturated heterocycles. The first kappa shape index (κ1) is 20.9. The number of nitrogens with zero attached hydrogens (tertiary/aromatic N) is 1. The molecular formula is C19H24N4O5. The second-order valence-electron chi connectivity index (χ2n) is 6.57. The number of amides is 3. The summed E-state index contributed by atoms with van der Waals surface area (Å²) in [6.07, 6.45) is 3.60. The van der Waals surface area contributed by atoms with Gasteiger partial charge in [-0.1, -0.05) is 6.92 Å². The molecule has 1 aromatic heterocycles. The third-order valence-electron chi connectivity index (χ3n) is 3.89. The van der Waals surface area contributed by atoms with Gasteiger partial charge in [-0.3, -0.25) is 14.4 Å². The molecule has 1 heterocycles. The van der Waals surface area contributed by atoms with Crippen LogP contribution in [0.5, 0.6) is 5.75 Å². The lowest BCUT2D eigenvalue weighted by Crippen LogP contribution is -2.57. The molecule has 0 saturated carbocycles. The van der Waals surface area contributed by atoms with Gasteiger partial charge in [0.15, 0.2) is 12.2 Å². The number of hydrogen-bond acceptors (Lipinski definition) is 6. The van der Waals surface area contributed by atoms with Gasteiger partial charge in [0.2, 0.25) is 5.91 Å². The lowest BCUT2D eigenvalue weighted by molar-refractivity contribution is -0.139. The number of oxazole rings is 1. The third-order valence-corrected chi connectivity index (χ3v) is 3.89. The zero-order valence-corrected chi connectivity index (χ0v) is 16.3. The predicted molar refractivity (Wildman–Crippen MR) is 103 cm³/mol. The second kappa shape index (κ2) is 9.03. The van der Waals surface area contributed by atoms with Crippen LogP contribution in [0.25, 0.3) is 11.3 Å². The van der Waals surface area contributed by atoms with Gasteiger partial charge in [-0.05, 0) is 32.4 Å². The lowest BCUT2D eigenvalue weighted by Gasteiger charge is -2.24. The molecule has 0 radical (unpaired) electrons. The van der Waals surface area contributed by atoms with Crippen LogP contribution in [0, 0.1) is 0 Å². The molecule has 0 aliphatic heterocycles. The molecule has 28 heavy (non-hydrogen) atoms. The highest BCUT2D eigenvalue weighted by Gasteiger charge is 2.31. The zero-order valence-electron chi connectivity index (χ0n) is 16.3. The number of methoxy groups -OCH3 is 1. The molecular weight excluding hydrogens is 364 g/mol. The topological polar surface area (TPSA) is 123 Å². The van der Waals surface area contributed by atoms with Crippen LogP contribution in [0.2, 0.25) is 0 Å². The van der Waals surface area contributed by atoms with Crippen molar-refractivity contribution in [3.05, 3.63) is 30.8 Å². The van der Waals surface area contributed by atoms with Crippen LogP contribution in [-0.2, 0) is 14.4 Å². The fourth-order valence-electron chi connectivity index (χ4n) is 2.37. The molecule has 2 aromatic rings. The van der Waals surface area contributed by atoms with Crippen LogP contribution in [0.1, 0.15) is 27.2 Å². The summed E-state index contributed by atoms with van der Waals surface area (Å²) in [5.74, 6) is -1.24. The maximum absolute atomic E-state index is 12.2. The Hall–Kier alpha value is -3.36. The zero-order chi connectivity index (χ0) is 20.7. The number of rotatable bonds is 7. The average molecular weight is 388 g/mol. The van der Waals surface area contributed by atoms with Gasteiger partial charge >= 0.3 is 11.8 Å². The lowest BCUT2D eigenvalue weighted by atomic mass is 10.0. The van der Waals surface area contributed by atoms with Crippen molar-refractivity contribution in [1.29, 1.82) is 0 Å². The Labute approximate surface area is 162 Å². The summed E-state index contributed by atoms with van der Waals surface area (Å²) >= 11 is 0. The summed E-state index contributed by atoms with van der Waals surface area (Å²) in [4.78, 5) is 40.4. The molecule has 0 aliphatic rings. The first-order valence-corrected chi connectivity index (χ1v) is 8.77. The van der Waals surface area contributed by atoms with Crippen molar-refractivity contribution in [2.24, 2.45) is 0 Å². The maximum atomic E-state index is 12.2. The van der Waals surface area contributed by atoms with Crippen molar-refractivity contribution in [2.45, 2.75) is 32.7 Å². The highest BCUT2D eigenvalue weighted by Crippen LogP contribution is 2.32. The summed E-state index contributed by atoms with van der Waals surface area (Å²) < 4.78 is 10.6. The predicted octanol–water partition coefficient (Wildman–Crippen LogP) is 1.71. The van der Waals surface area contributed by atoms with E-state index in [9.17, 15) is 14.4 Å². The van der Waals surface area contributed by atoms with E-state index in [1.807, 2.05) is 6.92 Å². The molecule has 9 heteroatoms. The molecule has 1 aromatic carbocycles. The van der Waals surface area contributed by atoms with E-state index in [0.717, 1.165) is 6.42 Å². The van der Waals surface area contributed by atoms with E-state index in [1.165, 1.54) is 33.5 Å². The van der Waals surface area contributed by atoms with Crippen LogP contribution in [0.3, 0.4) is 0 Å². The van der Waals surface area contributed by atoms with Gasteiger partial charge in [0.1, 0.15) is 11.3 Å². The minimum Gasteiger partial charge on any atom is -0.496 e. The first-order valence-electron chi connectivity index (χ1n) is 8.77. The van der Waals surface area contributed by atoms with E-state index in [4.69, 9.17) is 9.15 Å². The molecule has 3 N–H and O–H groups in total. The maximum Gasteiger partial charge on any atom is 0.313 e. The van der Waals surface area contributed by atoms with Gasteiger partial charge < -0.3 is 25.1 Å². The minimum atomic E-state index is -1.22. The van der Waals surface area contributed by atoms with Crippen molar-refractivity contribution in [2.75, 3.05) is 19.0 Å². The van der Waals surface area contributed by atoms with Gasteiger partial charge in [0.25, 0.3) is 0 Å². The molecule has 3 amide bonds. The largest absolute Gasteiger partial charge is 0.496 e. The average Bonchev–Trinajstić information content (AvgIpc) is 3.19. The van der Waals surface area contributed by atoms with Gasteiger partial charge in [-0.2, -0.15) is 0 Å². The standard InChI is InChI=1S/C19H24N4O5/c1-5-8-21-18(26)19(2,3)23-17(25)16(24)22-12-6-7-13(14(9-12)27-4)15-10-20-11-28-15/h6-7,9-11H,5,8H2,1-4H3,(H,21,26)(H,22,24)(H,23,25). The second-order valence-corrected chi connectivity index (χ2v) is 6.57. The van der Waals surface area contributed by atoms with Gasteiger partial charge in [0.05, 0.1) is 18.9 Å². The summed E-state index contributed by atoms with van der Waals surface area (Å²) in [6, 6.07) is 4.84. The molecule has 0 fully saturated rings. The molecule has 0 atom stereocenters. The van der Waals surface area contributed by atoms with Crippen LogP contribution in [0.15, 0.2) is 35.2 Å². The number of aromatic nitrogens is 1. The number of ether oxygens (including phenoxy) is 1. The van der Waals surface area contributed by atoms with Gasteiger partial charge in [0, 0.05) is 18.3 Å².